The molecule has 0 saturated carbocycles. The van der Waals surface area contributed by atoms with E-state index in [1.807, 2.05) is 37.3 Å². The molecule has 0 N–H and O–H groups in total. The lowest BCUT2D eigenvalue weighted by Gasteiger charge is -2.04. The lowest BCUT2D eigenvalue weighted by atomic mass is 10.1. The Morgan fingerprint density at radius 1 is 1.07 bits per heavy atom. The van der Waals surface area contributed by atoms with E-state index in [9.17, 15) is 0 Å². The molecule has 4 heteroatoms. The average molecular weight is 328 g/mol. The Kier molecular flexibility index (Phi) is 3.17. The molecule has 0 amide bonds. The molecule has 0 radical (unpaired) electrons. The quantitative estimate of drug-likeness (QED) is 0.740. The van der Waals surface area contributed by atoms with Gasteiger partial charge in [0.25, 0.3) is 0 Å². The fourth-order valence-electron chi connectivity index (χ4n) is 1.34. The molecule has 0 aliphatic carbocycles. The highest BCUT2D eigenvalue weighted by Crippen LogP contribution is 2.27. The number of hydrogen-bond acceptors (Lipinski definition) is 2. The van der Waals surface area contributed by atoms with Gasteiger partial charge in [0, 0.05) is 15.7 Å². The van der Waals surface area contributed by atoms with E-state index in [-0.39, 0.29) is 0 Å². The third-order valence-corrected chi connectivity index (χ3v) is 3.02. The Balaban J connectivity index is 2.59. The Hall–Kier alpha value is -0.740. The van der Waals surface area contributed by atoms with Crippen LogP contribution in [0.3, 0.4) is 0 Å². The third-order valence-electron chi connectivity index (χ3n) is 1.98. The molecule has 2 rings (SSSR count). The van der Waals surface area contributed by atoms with E-state index in [0.717, 1.165) is 21.4 Å². The second-order valence-corrected chi connectivity index (χ2v) is 4.71. The lowest BCUT2D eigenvalue weighted by Crippen LogP contribution is -1.91. The summed E-state index contributed by atoms with van der Waals surface area (Å²) >= 11 is 6.80. The standard InChI is InChI=1S/C11H8Br2N2/c1-7-6-10(15-11(13)14-7)8-4-2-3-5-9(8)12/h2-6H,1H3. The molecular weight excluding hydrogens is 320 g/mol. The van der Waals surface area contributed by atoms with Crippen molar-refractivity contribution in [1.29, 1.82) is 0 Å². The van der Waals surface area contributed by atoms with Gasteiger partial charge >= 0.3 is 0 Å². The molecule has 1 heterocycles. The van der Waals surface area contributed by atoms with Gasteiger partial charge in [-0.1, -0.05) is 34.1 Å². The minimum Gasteiger partial charge on any atom is -0.227 e. The van der Waals surface area contributed by atoms with Gasteiger partial charge in [-0.2, -0.15) is 0 Å². The van der Waals surface area contributed by atoms with Crippen LogP contribution in [0.2, 0.25) is 0 Å². The third kappa shape index (κ3) is 2.44. The molecule has 2 nitrogen and oxygen atoms in total. The first kappa shape index (κ1) is 10.8. The summed E-state index contributed by atoms with van der Waals surface area (Å²) in [6.07, 6.45) is 0. The van der Waals surface area contributed by atoms with E-state index < -0.39 is 0 Å². The Labute approximate surface area is 105 Å². The number of benzene rings is 1. The van der Waals surface area contributed by atoms with Crippen LogP contribution in [0.25, 0.3) is 11.3 Å². The van der Waals surface area contributed by atoms with Gasteiger partial charge in [0.1, 0.15) is 0 Å². The number of aromatic nitrogens is 2. The molecule has 15 heavy (non-hydrogen) atoms. The van der Waals surface area contributed by atoms with E-state index >= 15 is 0 Å². The minimum atomic E-state index is 0.619. The zero-order valence-corrected chi connectivity index (χ0v) is 11.2. The summed E-state index contributed by atoms with van der Waals surface area (Å²) in [5.74, 6) is 0. The normalized spacial score (nSPS) is 10.3. The molecule has 0 atom stereocenters. The van der Waals surface area contributed by atoms with Gasteiger partial charge in [0.15, 0.2) is 4.73 Å². The van der Waals surface area contributed by atoms with Crippen LogP contribution in [0.15, 0.2) is 39.5 Å². The van der Waals surface area contributed by atoms with Gasteiger partial charge in [-0.15, -0.1) is 0 Å². The zero-order valence-electron chi connectivity index (χ0n) is 8.04. The lowest BCUT2D eigenvalue weighted by molar-refractivity contribution is 1.06. The monoisotopic (exact) mass is 326 g/mol. The molecule has 0 aliphatic rings. The van der Waals surface area contributed by atoms with Crippen molar-refractivity contribution in [2.75, 3.05) is 0 Å². The fraction of sp³-hybridized carbons (Fsp3) is 0.0909. The van der Waals surface area contributed by atoms with Crippen molar-refractivity contribution in [3.8, 4) is 11.3 Å². The second-order valence-electron chi connectivity index (χ2n) is 3.14. The average Bonchev–Trinajstić information content (AvgIpc) is 2.16. The van der Waals surface area contributed by atoms with Gasteiger partial charge in [-0.3, -0.25) is 0 Å². The summed E-state index contributed by atoms with van der Waals surface area (Å²) in [6, 6.07) is 9.96. The fourth-order valence-corrected chi connectivity index (χ4v) is 2.30. The molecule has 2 aromatic rings. The highest BCUT2D eigenvalue weighted by atomic mass is 79.9. The van der Waals surface area contributed by atoms with Crippen LogP contribution in [0.5, 0.6) is 0 Å². The smallest absolute Gasteiger partial charge is 0.197 e. The molecule has 1 aromatic carbocycles. The molecule has 0 fully saturated rings. The number of halogens is 2. The number of hydrogen-bond donors (Lipinski definition) is 0. The molecule has 0 aliphatic heterocycles. The first-order valence-electron chi connectivity index (χ1n) is 4.43. The predicted octanol–water partition coefficient (Wildman–Crippen LogP) is 3.98. The van der Waals surface area contributed by atoms with Crippen LogP contribution in [-0.2, 0) is 0 Å². The number of nitrogens with zero attached hydrogens (tertiary/aromatic N) is 2. The maximum Gasteiger partial charge on any atom is 0.197 e. The zero-order chi connectivity index (χ0) is 10.8. The Morgan fingerprint density at radius 3 is 2.47 bits per heavy atom. The van der Waals surface area contributed by atoms with Crippen molar-refractivity contribution in [3.63, 3.8) is 0 Å². The Morgan fingerprint density at radius 2 is 1.80 bits per heavy atom. The van der Waals surface area contributed by atoms with Crippen LogP contribution in [0.1, 0.15) is 5.69 Å². The van der Waals surface area contributed by atoms with E-state index in [0.29, 0.717) is 4.73 Å². The van der Waals surface area contributed by atoms with Crippen molar-refractivity contribution >= 4 is 31.9 Å². The van der Waals surface area contributed by atoms with Gasteiger partial charge in [0.2, 0.25) is 0 Å². The molecule has 76 valence electrons. The second kappa shape index (κ2) is 4.41. The van der Waals surface area contributed by atoms with Crippen LogP contribution in [-0.4, -0.2) is 9.97 Å². The van der Waals surface area contributed by atoms with Crippen LogP contribution >= 0.6 is 31.9 Å². The molecular formula is C11H8Br2N2. The summed E-state index contributed by atoms with van der Waals surface area (Å²) in [7, 11) is 0. The first-order chi connectivity index (χ1) is 7.16. The van der Waals surface area contributed by atoms with Gasteiger partial charge in [-0.05, 0) is 35.0 Å². The van der Waals surface area contributed by atoms with Crippen molar-refractivity contribution in [2.45, 2.75) is 6.92 Å². The minimum absolute atomic E-state index is 0.619. The van der Waals surface area contributed by atoms with Crippen molar-refractivity contribution in [1.82, 2.24) is 9.97 Å². The SMILES string of the molecule is Cc1cc(-c2ccccc2Br)nc(Br)n1. The summed E-state index contributed by atoms with van der Waals surface area (Å²) in [5, 5.41) is 0. The molecule has 0 bridgehead atoms. The van der Waals surface area contributed by atoms with E-state index in [1.54, 1.807) is 0 Å². The molecule has 1 aromatic heterocycles. The largest absolute Gasteiger partial charge is 0.227 e. The van der Waals surface area contributed by atoms with E-state index in [1.165, 1.54) is 0 Å². The highest BCUT2D eigenvalue weighted by molar-refractivity contribution is 9.10. The summed E-state index contributed by atoms with van der Waals surface area (Å²) < 4.78 is 1.66. The maximum absolute atomic E-state index is 4.34. The highest BCUT2D eigenvalue weighted by Gasteiger charge is 2.05. The Bertz CT molecular complexity index is 477. The van der Waals surface area contributed by atoms with Crippen LogP contribution in [0.4, 0.5) is 0 Å². The van der Waals surface area contributed by atoms with Crippen molar-refractivity contribution in [3.05, 3.63) is 45.2 Å². The number of aryl methyl sites for hydroxylation is 1. The van der Waals surface area contributed by atoms with E-state index in [2.05, 4.69) is 41.8 Å². The summed E-state index contributed by atoms with van der Waals surface area (Å²) in [5.41, 5.74) is 2.94. The van der Waals surface area contributed by atoms with Crippen LogP contribution < -0.4 is 0 Å². The first-order valence-corrected chi connectivity index (χ1v) is 6.01. The maximum atomic E-state index is 4.34. The van der Waals surface area contributed by atoms with Crippen LogP contribution in [0, 0.1) is 6.92 Å². The molecule has 0 spiro atoms. The van der Waals surface area contributed by atoms with Crippen molar-refractivity contribution < 1.29 is 0 Å². The van der Waals surface area contributed by atoms with Gasteiger partial charge in [0.05, 0.1) is 5.69 Å². The topological polar surface area (TPSA) is 25.8 Å². The van der Waals surface area contributed by atoms with Gasteiger partial charge in [-0.25, -0.2) is 9.97 Å². The molecule has 0 saturated heterocycles. The van der Waals surface area contributed by atoms with Gasteiger partial charge < -0.3 is 0 Å². The van der Waals surface area contributed by atoms with E-state index in [4.69, 9.17) is 0 Å². The number of rotatable bonds is 1. The van der Waals surface area contributed by atoms with Crippen molar-refractivity contribution in [2.24, 2.45) is 0 Å². The summed E-state index contributed by atoms with van der Waals surface area (Å²) in [6.45, 7) is 1.95. The summed E-state index contributed by atoms with van der Waals surface area (Å²) in [4.78, 5) is 8.52. The molecule has 0 unspecified atom stereocenters. The predicted molar refractivity (Wildman–Crippen MR) is 67.6 cm³/mol.